The Morgan fingerprint density at radius 1 is 1.32 bits per heavy atom. The first-order valence-electron chi connectivity index (χ1n) is 6.29. The minimum Gasteiger partial charge on any atom is -0.381 e. The van der Waals surface area contributed by atoms with Gasteiger partial charge in [-0.05, 0) is 18.6 Å². The molecule has 0 N–H and O–H groups in total. The van der Waals surface area contributed by atoms with Gasteiger partial charge in [0.05, 0.1) is 12.2 Å². The maximum Gasteiger partial charge on any atom is 0.259 e. The molecule has 6 nitrogen and oxygen atoms in total. The van der Waals surface area contributed by atoms with E-state index in [1.54, 1.807) is 6.20 Å². The SMILES string of the molecule is CN(C)c1ccc(-c2nc(C3CCOC3)no2)cn1. The minimum atomic E-state index is 0.256. The normalized spacial score (nSPS) is 18.7. The van der Waals surface area contributed by atoms with Gasteiger partial charge in [0, 0.05) is 32.8 Å². The third-order valence-electron chi connectivity index (χ3n) is 3.19. The van der Waals surface area contributed by atoms with Crippen molar-refractivity contribution in [3.05, 3.63) is 24.2 Å². The number of pyridine rings is 1. The third-order valence-corrected chi connectivity index (χ3v) is 3.19. The number of hydrogen-bond donors (Lipinski definition) is 0. The Kier molecular flexibility index (Phi) is 3.16. The van der Waals surface area contributed by atoms with Crippen LogP contribution in [0.1, 0.15) is 18.2 Å². The van der Waals surface area contributed by atoms with Crippen molar-refractivity contribution in [2.75, 3.05) is 32.2 Å². The van der Waals surface area contributed by atoms with E-state index in [9.17, 15) is 0 Å². The molecule has 2 aromatic heterocycles. The summed E-state index contributed by atoms with van der Waals surface area (Å²) in [4.78, 5) is 10.7. The van der Waals surface area contributed by atoms with E-state index in [0.717, 1.165) is 30.2 Å². The third kappa shape index (κ3) is 2.44. The second-order valence-electron chi connectivity index (χ2n) is 4.82. The zero-order valence-corrected chi connectivity index (χ0v) is 11.0. The van der Waals surface area contributed by atoms with Crippen LogP contribution < -0.4 is 4.90 Å². The van der Waals surface area contributed by atoms with Gasteiger partial charge in [-0.15, -0.1) is 0 Å². The number of aromatic nitrogens is 3. The zero-order valence-electron chi connectivity index (χ0n) is 11.0. The van der Waals surface area contributed by atoms with Crippen LogP contribution in [0.3, 0.4) is 0 Å². The van der Waals surface area contributed by atoms with Gasteiger partial charge >= 0.3 is 0 Å². The molecule has 2 aromatic rings. The van der Waals surface area contributed by atoms with Crippen LogP contribution in [0.4, 0.5) is 5.82 Å². The molecule has 100 valence electrons. The van der Waals surface area contributed by atoms with Gasteiger partial charge in [-0.25, -0.2) is 4.98 Å². The number of nitrogens with zero attached hydrogens (tertiary/aromatic N) is 4. The Bertz CT molecular complexity index is 544. The van der Waals surface area contributed by atoms with Gasteiger partial charge in [-0.3, -0.25) is 0 Å². The molecule has 3 rings (SSSR count). The van der Waals surface area contributed by atoms with Crippen molar-refractivity contribution in [2.24, 2.45) is 0 Å². The molecule has 0 saturated carbocycles. The van der Waals surface area contributed by atoms with Gasteiger partial charge < -0.3 is 14.2 Å². The van der Waals surface area contributed by atoms with E-state index in [0.29, 0.717) is 12.5 Å². The Labute approximate surface area is 111 Å². The fourth-order valence-corrected chi connectivity index (χ4v) is 2.03. The lowest BCUT2D eigenvalue weighted by atomic mass is 10.1. The molecule has 1 saturated heterocycles. The van der Waals surface area contributed by atoms with Crippen molar-refractivity contribution in [1.82, 2.24) is 15.1 Å². The van der Waals surface area contributed by atoms with Crippen molar-refractivity contribution in [3.63, 3.8) is 0 Å². The molecule has 1 fully saturated rings. The molecule has 1 aliphatic rings. The fourth-order valence-electron chi connectivity index (χ4n) is 2.03. The van der Waals surface area contributed by atoms with Crippen LogP contribution in [0.15, 0.2) is 22.9 Å². The summed E-state index contributed by atoms with van der Waals surface area (Å²) in [6, 6.07) is 3.86. The molecule has 0 bridgehead atoms. The van der Waals surface area contributed by atoms with E-state index in [4.69, 9.17) is 9.26 Å². The summed E-state index contributed by atoms with van der Waals surface area (Å²) in [5, 5.41) is 4.03. The van der Waals surface area contributed by atoms with Crippen LogP contribution in [0.5, 0.6) is 0 Å². The number of anilines is 1. The molecule has 1 atom stereocenters. The van der Waals surface area contributed by atoms with Gasteiger partial charge in [0.2, 0.25) is 0 Å². The molecule has 0 aliphatic carbocycles. The predicted molar refractivity (Wildman–Crippen MR) is 70.0 cm³/mol. The van der Waals surface area contributed by atoms with Crippen LogP contribution in [0.2, 0.25) is 0 Å². The van der Waals surface area contributed by atoms with E-state index in [-0.39, 0.29) is 5.92 Å². The molecular formula is C13H16N4O2. The molecule has 0 spiro atoms. The maximum absolute atomic E-state index is 5.33. The smallest absolute Gasteiger partial charge is 0.259 e. The topological polar surface area (TPSA) is 64.3 Å². The second-order valence-corrected chi connectivity index (χ2v) is 4.82. The summed E-state index contributed by atoms with van der Waals surface area (Å²) < 4.78 is 10.6. The first kappa shape index (κ1) is 12.1. The van der Waals surface area contributed by atoms with E-state index in [1.165, 1.54) is 0 Å². The van der Waals surface area contributed by atoms with E-state index in [2.05, 4.69) is 15.1 Å². The Hall–Kier alpha value is -1.95. The zero-order chi connectivity index (χ0) is 13.2. The Morgan fingerprint density at radius 2 is 2.21 bits per heavy atom. The van der Waals surface area contributed by atoms with Gasteiger partial charge in [0.25, 0.3) is 5.89 Å². The van der Waals surface area contributed by atoms with Gasteiger partial charge in [0.15, 0.2) is 5.82 Å². The molecule has 6 heteroatoms. The predicted octanol–water partition coefficient (Wildman–Crippen LogP) is 1.70. The second kappa shape index (κ2) is 4.97. The summed E-state index contributed by atoms with van der Waals surface area (Å²) in [6.45, 7) is 1.45. The van der Waals surface area contributed by atoms with Crippen LogP contribution in [0.25, 0.3) is 11.5 Å². The highest BCUT2D eigenvalue weighted by Crippen LogP contribution is 2.25. The van der Waals surface area contributed by atoms with Crippen molar-refractivity contribution in [1.29, 1.82) is 0 Å². The van der Waals surface area contributed by atoms with Crippen molar-refractivity contribution >= 4 is 5.82 Å². The first-order valence-corrected chi connectivity index (χ1v) is 6.29. The van der Waals surface area contributed by atoms with Gasteiger partial charge in [-0.2, -0.15) is 4.98 Å². The van der Waals surface area contributed by atoms with Crippen molar-refractivity contribution < 1.29 is 9.26 Å². The highest BCUT2D eigenvalue weighted by atomic mass is 16.5. The molecule has 3 heterocycles. The van der Waals surface area contributed by atoms with Crippen molar-refractivity contribution in [2.45, 2.75) is 12.3 Å². The molecule has 0 aromatic carbocycles. The lowest BCUT2D eigenvalue weighted by Crippen LogP contribution is -2.09. The van der Waals surface area contributed by atoms with Crippen molar-refractivity contribution in [3.8, 4) is 11.5 Å². The van der Waals surface area contributed by atoms with Crippen LogP contribution in [-0.4, -0.2) is 42.4 Å². The maximum atomic E-state index is 5.33. The van der Waals surface area contributed by atoms with Crippen LogP contribution in [0, 0.1) is 0 Å². The summed E-state index contributed by atoms with van der Waals surface area (Å²) in [7, 11) is 3.90. The number of rotatable bonds is 3. The number of hydrogen-bond acceptors (Lipinski definition) is 6. The fraction of sp³-hybridized carbons (Fsp3) is 0.462. The van der Waals surface area contributed by atoms with E-state index < -0.39 is 0 Å². The van der Waals surface area contributed by atoms with Gasteiger partial charge in [0.1, 0.15) is 5.82 Å². The molecule has 19 heavy (non-hydrogen) atoms. The van der Waals surface area contributed by atoms with E-state index in [1.807, 2.05) is 31.1 Å². The van der Waals surface area contributed by atoms with E-state index >= 15 is 0 Å². The molecule has 1 aliphatic heterocycles. The summed E-state index contributed by atoms with van der Waals surface area (Å²) in [5.74, 6) is 2.39. The monoisotopic (exact) mass is 260 g/mol. The van der Waals surface area contributed by atoms with Gasteiger partial charge in [-0.1, -0.05) is 5.16 Å². The molecule has 0 radical (unpaired) electrons. The Morgan fingerprint density at radius 3 is 2.84 bits per heavy atom. The average Bonchev–Trinajstić information content (AvgIpc) is 3.10. The molecule has 0 amide bonds. The lowest BCUT2D eigenvalue weighted by molar-refractivity contribution is 0.192. The standard InChI is InChI=1S/C13H16N4O2/c1-17(2)11-4-3-9(7-14-11)13-15-12(16-19-13)10-5-6-18-8-10/h3-4,7,10H,5-6,8H2,1-2H3. The number of ether oxygens (including phenoxy) is 1. The first-order chi connectivity index (χ1) is 9.24. The highest BCUT2D eigenvalue weighted by Gasteiger charge is 2.23. The molecular weight excluding hydrogens is 244 g/mol. The molecule has 1 unspecified atom stereocenters. The summed E-state index contributed by atoms with van der Waals surface area (Å²) >= 11 is 0. The largest absolute Gasteiger partial charge is 0.381 e. The quantitative estimate of drug-likeness (QED) is 0.837. The van der Waals surface area contributed by atoms with Crippen LogP contribution >= 0.6 is 0 Å². The minimum absolute atomic E-state index is 0.256. The summed E-state index contributed by atoms with van der Waals surface area (Å²) in [5.41, 5.74) is 0.836. The Balaban J connectivity index is 1.81. The van der Waals surface area contributed by atoms with Crippen LogP contribution in [-0.2, 0) is 4.74 Å². The highest BCUT2D eigenvalue weighted by molar-refractivity contribution is 5.54. The lowest BCUT2D eigenvalue weighted by Gasteiger charge is -2.10. The summed E-state index contributed by atoms with van der Waals surface area (Å²) in [6.07, 6.45) is 2.70. The average molecular weight is 260 g/mol.